The Balaban J connectivity index is 0.00000126. The van der Waals surface area contributed by atoms with Gasteiger partial charge in [0.1, 0.15) is 22.5 Å². The van der Waals surface area contributed by atoms with E-state index in [9.17, 15) is 0 Å². The molecule has 0 atom stereocenters. The second-order valence-electron chi connectivity index (χ2n) is 5.12. The Morgan fingerprint density at radius 1 is 0.926 bits per heavy atom. The van der Waals surface area contributed by atoms with Gasteiger partial charge in [-0.05, 0) is 12.1 Å². The number of halogens is 3. The summed E-state index contributed by atoms with van der Waals surface area (Å²) in [5.41, 5.74) is 1.08. The Morgan fingerprint density at radius 2 is 1.52 bits per heavy atom. The maximum Gasteiger partial charge on any atom is 0.141 e. The van der Waals surface area contributed by atoms with Gasteiger partial charge in [0.05, 0.1) is 30.0 Å². The van der Waals surface area contributed by atoms with E-state index in [0.29, 0.717) is 43.8 Å². The summed E-state index contributed by atoms with van der Waals surface area (Å²) in [6.07, 6.45) is 1.67. The van der Waals surface area contributed by atoms with Crippen LogP contribution in [-0.2, 0) is 0 Å². The molecule has 0 aliphatic carbocycles. The molecular weight excluding hydrogens is 409 g/mol. The van der Waals surface area contributed by atoms with Gasteiger partial charge in [-0.25, -0.2) is 9.97 Å². The molecule has 0 bridgehead atoms. The molecule has 0 fully saturated rings. The zero-order valence-corrected chi connectivity index (χ0v) is 17.9. The summed E-state index contributed by atoms with van der Waals surface area (Å²) in [4.78, 5) is 8.75. The van der Waals surface area contributed by atoms with Gasteiger partial charge in [-0.3, -0.25) is 0 Å². The summed E-state index contributed by atoms with van der Waals surface area (Å²) in [6, 6.07) is 5.22. The first kappa shape index (κ1) is 21.4. The topological polar surface area (TPSA) is 56.3 Å². The van der Waals surface area contributed by atoms with Crippen LogP contribution < -0.4 is 14.8 Å². The molecule has 0 unspecified atom stereocenters. The van der Waals surface area contributed by atoms with Crippen molar-refractivity contribution in [2.24, 2.45) is 0 Å². The minimum atomic E-state index is 0.351. The summed E-state index contributed by atoms with van der Waals surface area (Å²) in [6.45, 7) is 4.00. The molecule has 1 aromatic carbocycles. The van der Waals surface area contributed by atoms with E-state index in [1.165, 1.54) is 14.2 Å². The molecule has 0 aliphatic rings. The molecule has 8 heteroatoms. The first-order valence-corrected chi connectivity index (χ1v) is 9.38. The highest BCUT2D eigenvalue weighted by molar-refractivity contribution is 6.41. The van der Waals surface area contributed by atoms with Crippen LogP contribution >= 0.6 is 34.8 Å². The van der Waals surface area contributed by atoms with Crippen molar-refractivity contribution in [3.8, 4) is 22.8 Å². The lowest BCUT2D eigenvalue weighted by atomic mass is 10.1. The molecule has 0 aliphatic heterocycles. The van der Waals surface area contributed by atoms with E-state index >= 15 is 0 Å². The van der Waals surface area contributed by atoms with Gasteiger partial charge in [0.2, 0.25) is 0 Å². The zero-order chi connectivity index (χ0) is 20.1. The van der Waals surface area contributed by atoms with Crippen LogP contribution in [0.25, 0.3) is 22.0 Å². The van der Waals surface area contributed by atoms with Crippen LogP contribution in [0.2, 0.25) is 15.2 Å². The molecule has 0 spiro atoms. The van der Waals surface area contributed by atoms with Crippen LogP contribution in [0.3, 0.4) is 0 Å². The van der Waals surface area contributed by atoms with Crippen LogP contribution in [0.15, 0.2) is 24.4 Å². The summed E-state index contributed by atoms with van der Waals surface area (Å²) in [7, 11) is 4.82. The van der Waals surface area contributed by atoms with E-state index < -0.39 is 0 Å². The SMILES string of the molecule is CC.CNc1nc(-c2c(Cl)c(OC)cc(OC)c2Cl)cc2cnc(Cl)cc12. The normalized spacial score (nSPS) is 10.2. The van der Waals surface area contributed by atoms with Crippen molar-refractivity contribution in [3.63, 3.8) is 0 Å². The first-order chi connectivity index (χ1) is 13.0. The van der Waals surface area contributed by atoms with Gasteiger partial charge >= 0.3 is 0 Å². The van der Waals surface area contributed by atoms with Gasteiger partial charge in [-0.2, -0.15) is 0 Å². The number of hydrogen-bond donors (Lipinski definition) is 1. The van der Waals surface area contributed by atoms with Gasteiger partial charge in [0, 0.05) is 35.6 Å². The smallest absolute Gasteiger partial charge is 0.141 e. The number of pyridine rings is 2. The van der Waals surface area contributed by atoms with E-state index in [4.69, 9.17) is 44.3 Å². The van der Waals surface area contributed by atoms with Crippen molar-refractivity contribution in [2.45, 2.75) is 13.8 Å². The molecule has 2 aromatic heterocycles. The van der Waals surface area contributed by atoms with E-state index in [1.807, 2.05) is 19.9 Å². The van der Waals surface area contributed by atoms with E-state index in [2.05, 4.69) is 15.3 Å². The summed E-state index contributed by atoms with van der Waals surface area (Å²) in [5, 5.41) is 5.83. The largest absolute Gasteiger partial charge is 0.495 e. The number of nitrogens with one attached hydrogen (secondary N) is 1. The highest BCUT2D eigenvalue weighted by Gasteiger charge is 2.21. The third-order valence-corrected chi connectivity index (χ3v) is 4.70. The number of aromatic nitrogens is 2. The molecule has 3 aromatic rings. The van der Waals surface area contributed by atoms with Crippen LogP contribution in [0.1, 0.15) is 13.8 Å². The van der Waals surface area contributed by atoms with E-state index in [-0.39, 0.29) is 0 Å². The molecule has 2 heterocycles. The van der Waals surface area contributed by atoms with Crippen LogP contribution in [0.4, 0.5) is 5.82 Å². The third kappa shape index (κ3) is 4.15. The van der Waals surface area contributed by atoms with Gasteiger partial charge in [-0.1, -0.05) is 48.7 Å². The first-order valence-electron chi connectivity index (χ1n) is 8.24. The highest BCUT2D eigenvalue weighted by Crippen LogP contribution is 2.46. The second kappa shape index (κ2) is 9.31. The lowest BCUT2D eigenvalue weighted by Gasteiger charge is -2.16. The molecule has 5 nitrogen and oxygen atoms in total. The van der Waals surface area contributed by atoms with Gasteiger partial charge in [0.15, 0.2) is 0 Å². The summed E-state index contributed by atoms with van der Waals surface area (Å²) in [5.74, 6) is 1.52. The van der Waals surface area contributed by atoms with Gasteiger partial charge in [0.25, 0.3) is 0 Å². The molecular formula is C19H20Cl3N3O2. The van der Waals surface area contributed by atoms with Crippen molar-refractivity contribution in [1.82, 2.24) is 9.97 Å². The molecule has 1 N–H and O–H groups in total. The number of hydrogen-bond acceptors (Lipinski definition) is 5. The molecule has 0 saturated heterocycles. The van der Waals surface area contributed by atoms with Crippen molar-refractivity contribution >= 4 is 51.4 Å². The Kier molecular flexibility index (Phi) is 7.36. The van der Waals surface area contributed by atoms with Gasteiger partial charge in [-0.15, -0.1) is 0 Å². The zero-order valence-electron chi connectivity index (χ0n) is 15.7. The van der Waals surface area contributed by atoms with Crippen molar-refractivity contribution < 1.29 is 9.47 Å². The number of rotatable bonds is 4. The van der Waals surface area contributed by atoms with Crippen molar-refractivity contribution in [3.05, 3.63) is 39.6 Å². The molecule has 144 valence electrons. The summed E-state index contributed by atoms with van der Waals surface area (Å²) >= 11 is 19.0. The minimum absolute atomic E-state index is 0.351. The van der Waals surface area contributed by atoms with Crippen molar-refractivity contribution in [2.75, 3.05) is 26.6 Å². The van der Waals surface area contributed by atoms with Crippen LogP contribution in [0, 0.1) is 0 Å². The fourth-order valence-corrected chi connectivity index (χ4v) is 3.40. The Bertz CT molecular complexity index is 937. The maximum absolute atomic E-state index is 6.49. The minimum Gasteiger partial charge on any atom is -0.495 e. The molecule has 3 rings (SSSR count). The fourth-order valence-electron chi connectivity index (χ4n) is 2.55. The Labute approximate surface area is 173 Å². The number of anilines is 1. The van der Waals surface area contributed by atoms with Crippen LogP contribution in [-0.4, -0.2) is 31.2 Å². The Hall–Kier alpha value is -1.95. The van der Waals surface area contributed by atoms with Crippen LogP contribution in [0.5, 0.6) is 11.5 Å². The number of fused-ring (bicyclic) bond motifs is 1. The quantitative estimate of drug-likeness (QED) is 0.491. The average molecular weight is 429 g/mol. The predicted molar refractivity (Wildman–Crippen MR) is 114 cm³/mol. The fraction of sp³-hybridized carbons (Fsp3) is 0.263. The Morgan fingerprint density at radius 3 is 2.04 bits per heavy atom. The predicted octanol–water partition coefficient (Wildman–Crippen LogP) is 6.34. The number of methoxy groups -OCH3 is 2. The third-order valence-electron chi connectivity index (χ3n) is 3.75. The number of nitrogens with zero attached hydrogens (tertiary/aromatic N) is 2. The van der Waals surface area contributed by atoms with Crippen molar-refractivity contribution in [1.29, 1.82) is 0 Å². The number of benzene rings is 1. The molecule has 0 radical (unpaired) electrons. The summed E-state index contributed by atoms with van der Waals surface area (Å²) < 4.78 is 10.6. The lowest BCUT2D eigenvalue weighted by molar-refractivity contribution is 0.395. The molecule has 27 heavy (non-hydrogen) atoms. The van der Waals surface area contributed by atoms with E-state index in [1.54, 1.807) is 25.4 Å². The second-order valence-corrected chi connectivity index (χ2v) is 6.26. The number of ether oxygens (including phenoxy) is 2. The molecule has 0 amide bonds. The van der Waals surface area contributed by atoms with Gasteiger partial charge < -0.3 is 14.8 Å². The van der Waals surface area contributed by atoms with E-state index in [0.717, 1.165) is 10.8 Å². The standard InChI is InChI=1S/C17H14Cl3N3O2.C2H6/c1-21-17-9-5-13(18)22-7-8(9)4-10(23-17)14-15(19)11(24-2)6-12(25-3)16(14)20;1-2/h4-7H,1-3H3,(H,21,23);1-2H3. The average Bonchev–Trinajstić information content (AvgIpc) is 2.69. The molecule has 0 saturated carbocycles. The monoisotopic (exact) mass is 427 g/mol. The maximum atomic E-state index is 6.49. The lowest BCUT2D eigenvalue weighted by Crippen LogP contribution is -1.99. The highest BCUT2D eigenvalue weighted by atomic mass is 35.5.